The third-order valence-electron chi connectivity index (χ3n) is 4.88. The molecule has 3 rings (SSSR count). The molecule has 0 aliphatic carbocycles. The van der Waals surface area contributed by atoms with Crippen molar-refractivity contribution in [3.8, 4) is 0 Å². The van der Waals surface area contributed by atoms with Crippen LogP contribution in [0.5, 0.6) is 0 Å². The SMILES string of the molecule is CCCC(=O)N(CC[NH+]1CCOCC1)c1nc2cc(C)c(C)cc2s1. The maximum atomic E-state index is 12.7. The smallest absolute Gasteiger partial charge is 0.228 e. The first kappa shape index (κ1) is 18.3. The highest BCUT2D eigenvalue weighted by molar-refractivity contribution is 7.22. The zero-order chi connectivity index (χ0) is 17.8. The number of morpholine rings is 1. The molecule has 0 unspecified atom stereocenters. The fourth-order valence-corrected chi connectivity index (χ4v) is 4.23. The zero-order valence-corrected chi connectivity index (χ0v) is 16.2. The van der Waals surface area contributed by atoms with Gasteiger partial charge in [-0.2, -0.15) is 0 Å². The Morgan fingerprint density at radius 3 is 2.72 bits per heavy atom. The van der Waals surface area contributed by atoms with Gasteiger partial charge in [0.25, 0.3) is 0 Å². The van der Waals surface area contributed by atoms with Gasteiger partial charge in [-0.15, -0.1) is 0 Å². The largest absolute Gasteiger partial charge is 0.370 e. The van der Waals surface area contributed by atoms with Gasteiger partial charge in [0, 0.05) is 6.42 Å². The first-order chi connectivity index (χ1) is 12.1. The number of nitrogens with one attached hydrogen (secondary N) is 1. The van der Waals surface area contributed by atoms with E-state index >= 15 is 0 Å². The van der Waals surface area contributed by atoms with Gasteiger partial charge in [-0.3, -0.25) is 9.69 Å². The molecule has 0 atom stereocenters. The van der Waals surface area contributed by atoms with Crippen LogP contribution in [0.3, 0.4) is 0 Å². The van der Waals surface area contributed by atoms with Crippen LogP contribution in [0.25, 0.3) is 10.2 Å². The van der Waals surface area contributed by atoms with Crippen molar-refractivity contribution >= 4 is 32.6 Å². The van der Waals surface area contributed by atoms with E-state index in [0.717, 1.165) is 61.2 Å². The van der Waals surface area contributed by atoms with Gasteiger partial charge in [-0.1, -0.05) is 18.3 Å². The van der Waals surface area contributed by atoms with E-state index in [1.54, 1.807) is 11.3 Å². The molecule has 5 nitrogen and oxygen atoms in total. The molecule has 2 heterocycles. The van der Waals surface area contributed by atoms with E-state index in [0.29, 0.717) is 6.42 Å². The van der Waals surface area contributed by atoms with Gasteiger partial charge >= 0.3 is 0 Å². The lowest BCUT2D eigenvalue weighted by Crippen LogP contribution is -3.14. The second kappa shape index (κ2) is 8.25. The number of fused-ring (bicyclic) bond motifs is 1. The predicted octanol–water partition coefficient (Wildman–Crippen LogP) is 1.96. The summed E-state index contributed by atoms with van der Waals surface area (Å²) in [6, 6.07) is 4.31. The first-order valence-corrected chi connectivity index (χ1v) is 9.99. The number of benzene rings is 1. The van der Waals surface area contributed by atoms with Crippen LogP contribution in [-0.4, -0.2) is 50.3 Å². The van der Waals surface area contributed by atoms with E-state index in [1.165, 1.54) is 16.0 Å². The van der Waals surface area contributed by atoms with Crippen molar-refractivity contribution in [1.29, 1.82) is 0 Å². The minimum absolute atomic E-state index is 0.183. The highest BCUT2D eigenvalue weighted by Gasteiger charge is 2.22. The number of carbonyl (C=O) groups excluding carboxylic acids is 1. The Balaban J connectivity index is 1.81. The second-order valence-electron chi connectivity index (χ2n) is 6.81. The highest BCUT2D eigenvalue weighted by Crippen LogP contribution is 2.31. The molecule has 1 aliphatic heterocycles. The minimum atomic E-state index is 0.183. The van der Waals surface area contributed by atoms with Crippen LogP contribution in [0.2, 0.25) is 0 Å². The molecular formula is C19H28N3O2S+. The number of thiazole rings is 1. The van der Waals surface area contributed by atoms with Crippen molar-refractivity contribution in [1.82, 2.24) is 4.98 Å². The molecule has 1 N–H and O–H groups in total. The third kappa shape index (κ3) is 4.37. The Morgan fingerprint density at radius 2 is 2.00 bits per heavy atom. The average molecular weight is 363 g/mol. The summed E-state index contributed by atoms with van der Waals surface area (Å²) < 4.78 is 6.59. The van der Waals surface area contributed by atoms with Gasteiger partial charge in [-0.25, -0.2) is 4.98 Å². The second-order valence-corrected chi connectivity index (χ2v) is 7.82. The van der Waals surface area contributed by atoms with Gasteiger partial charge in [-0.05, 0) is 43.5 Å². The van der Waals surface area contributed by atoms with E-state index in [9.17, 15) is 4.79 Å². The lowest BCUT2D eigenvalue weighted by Gasteiger charge is -2.26. The number of aromatic nitrogens is 1. The summed E-state index contributed by atoms with van der Waals surface area (Å²) in [5.41, 5.74) is 3.51. The molecular weight excluding hydrogens is 334 g/mol. The van der Waals surface area contributed by atoms with Gasteiger partial charge in [0.15, 0.2) is 5.13 Å². The molecule has 2 aromatic rings. The number of nitrogens with zero attached hydrogens (tertiary/aromatic N) is 2. The number of ether oxygens (including phenoxy) is 1. The molecule has 0 spiro atoms. The molecule has 1 aromatic carbocycles. The maximum absolute atomic E-state index is 12.7. The quantitative estimate of drug-likeness (QED) is 0.855. The van der Waals surface area contributed by atoms with Crippen LogP contribution in [0, 0.1) is 13.8 Å². The molecule has 1 aliphatic rings. The summed E-state index contributed by atoms with van der Waals surface area (Å²) in [6.07, 6.45) is 1.44. The summed E-state index contributed by atoms with van der Waals surface area (Å²) in [4.78, 5) is 20.9. The molecule has 0 saturated carbocycles. The normalized spacial score (nSPS) is 15.6. The first-order valence-electron chi connectivity index (χ1n) is 9.18. The monoisotopic (exact) mass is 362 g/mol. The van der Waals surface area contributed by atoms with Gasteiger partial charge < -0.3 is 9.64 Å². The van der Waals surface area contributed by atoms with Crippen LogP contribution in [0.4, 0.5) is 5.13 Å². The molecule has 0 bridgehead atoms. The highest BCUT2D eigenvalue weighted by atomic mass is 32.1. The van der Waals surface area contributed by atoms with Gasteiger partial charge in [0.05, 0.1) is 36.5 Å². The van der Waals surface area contributed by atoms with E-state index in [2.05, 4.69) is 26.0 Å². The number of anilines is 1. The van der Waals surface area contributed by atoms with Gasteiger partial charge in [0.1, 0.15) is 13.1 Å². The Kier molecular flexibility index (Phi) is 6.04. The summed E-state index contributed by atoms with van der Waals surface area (Å²) >= 11 is 1.63. The minimum Gasteiger partial charge on any atom is -0.370 e. The Morgan fingerprint density at radius 1 is 1.28 bits per heavy atom. The van der Waals surface area contributed by atoms with Crippen molar-refractivity contribution < 1.29 is 14.4 Å². The molecule has 1 saturated heterocycles. The number of aryl methyl sites for hydroxylation is 2. The number of rotatable bonds is 6. The molecule has 25 heavy (non-hydrogen) atoms. The molecule has 1 fully saturated rings. The van der Waals surface area contributed by atoms with E-state index in [4.69, 9.17) is 9.72 Å². The number of amides is 1. The van der Waals surface area contributed by atoms with E-state index < -0.39 is 0 Å². The van der Waals surface area contributed by atoms with Crippen molar-refractivity contribution in [2.24, 2.45) is 0 Å². The molecule has 1 aromatic heterocycles. The topological polar surface area (TPSA) is 46.9 Å². The molecule has 1 amide bonds. The number of carbonyl (C=O) groups is 1. The molecule has 0 radical (unpaired) electrons. The Labute approximate surface area is 153 Å². The standard InChI is InChI=1S/C19H27N3O2S/c1-4-5-18(23)22(7-6-21-8-10-24-11-9-21)19-20-16-12-14(2)15(3)13-17(16)25-19/h12-13H,4-11H2,1-3H3/p+1. The fourth-order valence-electron chi connectivity index (χ4n) is 3.14. The van der Waals surface area contributed by atoms with Crippen LogP contribution >= 0.6 is 11.3 Å². The number of quaternary nitrogens is 1. The summed E-state index contributed by atoms with van der Waals surface area (Å²) in [5.74, 6) is 0.183. The third-order valence-corrected chi connectivity index (χ3v) is 5.92. The number of hydrogen-bond donors (Lipinski definition) is 1. The zero-order valence-electron chi connectivity index (χ0n) is 15.4. The number of hydrogen-bond acceptors (Lipinski definition) is 4. The lowest BCUT2D eigenvalue weighted by molar-refractivity contribution is -0.906. The van der Waals surface area contributed by atoms with Crippen molar-refractivity contribution in [3.05, 3.63) is 23.3 Å². The van der Waals surface area contributed by atoms with Crippen LogP contribution in [-0.2, 0) is 9.53 Å². The predicted molar refractivity (Wildman–Crippen MR) is 103 cm³/mol. The summed E-state index contributed by atoms with van der Waals surface area (Å²) in [7, 11) is 0. The lowest BCUT2D eigenvalue weighted by atomic mass is 10.1. The van der Waals surface area contributed by atoms with E-state index in [1.807, 2.05) is 11.8 Å². The molecule has 6 heteroatoms. The van der Waals surface area contributed by atoms with Gasteiger partial charge in [0.2, 0.25) is 5.91 Å². The maximum Gasteiger partial charge on any atom is 0.228 e. The fraction of sp³-hybridized carbons (Fsp3) is 0.579. The van der Waals surface area contributed by atoms with Crippen molar-refractivity contribution in [2.75, 3.05) is 44.3 Å². The van der Waals surface area contributed by atoms with Crippen LogP contribution in [0.1, 0.15) is 30.9 Å². The molecule has 136 valence electrons. The summed E-state index contributed by atoms with van der Waals surface area (Å²) in [5, 5.41) is 0.839. The van der Waals surface area contributed by atoms with Crippen molar-refractivity contribution in [3.63, 3.8) is 0 Å². The average Bonchev–Trinajstić information content (AvgIpc) is 2.99. The Bertz CT molecular complexity index is 699. The van der Waals surface area contributed by atoms with Crippen LogP contribution < -0.4 is 9.80 Å². The summed E-state index contributed by atoms with van der Waals surface area (Å²) in [6.45, 7) is 11.6. The van der Waals surface area contributed by atoms with E-state index in [-0.39, 0.29) is 5.91 Å². The van der Waals surface area contributed by atoms with Crippen LogP contribution in [0.15, 0.2) is 12.1 Å². The van der Waals surface area contributed by atoms with Crippen molar-refractivity contribution in [2.45, 2.75) is 33.6 Å². The Hall–Kier alpha value is -1.50.